The van der Waals surface area contributed by atoms with Crippen LogP contribution in [0.4, 0.5) is 0 Å². The average molecular weight is 324 g/mol. The normalized spacial score (nSPS) is 20.4. The van der Waals surface area contributed by atoms with Crippen molar-refractivity contribution in [3.63, 3.8) is 0 Å². The van der Waals surface area contributed by atoms with Gasteiger partial charge in [0.15, 0.2) is 0 Å². The topological polar surface area (TPSA) is 62.6 Å². The van der Waals surface area contributed by atoms with Gasteiger partial charge >= 0.3 is 0 Å². The van der Waals surface area contributed by atoms with E-state index in [2.05, 4.69) is 11.4 Å². The van der Waals surface area contributed by atoms with E-state index in [1.165, 1.54) is 5.56 Å². The Morgan fingerprint density at radius 2 is 2.04 bits per heavy atom. The molecule has 1 aromatic heterocycles. The molecule has 0 spiro atoms. The molecule has 1 N–H and O–H groups in total. The second-order valence-corrected chi connectivity index (χ2v) is 6.45. The number of benzene rings is 1. The number of fused-ring (bicyclic) bond motifs is 1. The lowest BCUT2D eigenvalue weighted by molar-refractivity contribution is -0.139. The summed E-state index contributed by atoms with van der Waals surface area (Å²) in [5, 5.41) is 2.81. The molecule has 0 saturated carbocycles. The fourth-order valence-corrected chi connectivity index (χ4v) is 3.46. The van der Waals surface area contributed by atoms with Crippen molar-refractivity contribution in [2.75, 3.05) is 6.54 Å². The summed E-state index contributed by atoms with van der Waals surface area (Å²) in [5.74, 6) is 1.68. The van der Waals surface area contributed by atoms with Crippen LogP contribution >= 0.6 is 0 Å². The predicted molar refractivity (Wildman–Crippen MR) is 89.0 cm³/mol. The Hall–Kier alpha value is -2.56. The third kappa shape index (κ3) is 2.82. The zero-order valence-electron chi connectivity index (χ0n) is 13.5. The molecule has 2 aliphatic rings. The van der Waals surface area contributed by atoms with E-state index >= 15 is 0 Å². The molecule has 5 heteroatoms. The highest BCUT2D eigenvalue weighted by atomic mass is 16.3. The SMILES string of the molecule is O=C1CCC[C@H](C(=O)N2CCc3cc(-c4ccccc4)oc3C2)N1. The van der Waals surface area contributed by atoms with Crippen molar-refractivity contribution in [3.8, 4) is 11.3 Å². The van der Waals surface area contributed by atoms with Gasteiger partial charge in [-0.2, -0.15) is 0 Å². The number of nitrogens with zero attached hydrogens (tertiary/aromatic N) is 1. The van der Waals surface area contributed by atoms with Crippen molar-refractivity contribution in [2.24, 2.45) is 0 Å². The third-order valence-electron chi connectivity index (χ3n) is 4.78. The van der Waals surface area contributed by atoms with E-state index in [1.807, 2.05) is 30.3 Å². The van der Waals surface area contributed by atoms with Gasteiger partial charge in [-0.05, 0) is 30.9 Å². The standard InChI is InChI=1S/C19H20N2O3/c22-18-8-4-7-15(20-18)19(23)21-10-9-14-11-16(24-17(14)12-21)13-5-2-1-3-6-13/h1-3,5-6,11,15H,4,7-10,12H2,(H,20,22)/t15-/m1/s1. The molecule has 1 fully saturated rings. The first-order valence-corrected chi connectivity index (χ1v) is 8.46. The summed E-state index contributed by atoms with van der Waals surface area (Å²) >= 11 is 0. The van der Waals surface area contributed by atoms with Crippen molar-refractivity contribution in [3.05, 3.63) is 47.7 Å². The Balaban J connectivity index is 1.50. The molecule has 0 aliphatic carbocycles. The highest BCUT2D eigenvalue weighted by Crippen LogP contribution is 2.29. The molecule has 0 radical (unpaired) electrons. The average Bonchev–Trinajstić information content (AvgIpc) is 3.05. The molecule has 2 amide bonds. The second kappa shape index (κ2) is 6.15. The van der Waals surface area contributed by atoms with Crippen LogP contribution in [0.1, 0.15) is 30.6 Å². The maximum absolute atomic E-state index is 12.7. The molecule has 1 atom stereocenters. The molecule has 3 heterocycles. The first kappa shape index (κ1) is 15.0. The molecule has 0 unspecified atom stereocenters. The minimum absolute atomic E-state index is 0.00589. The number of amides is 2. The summed E-state index contributed by atoms with van der Waals surface area (Å²) in [4.78, 5) is 26.0. The molecular formula is C19H20N2O3. The summed E-state index contributed by atoms with van der Waals surface area (Å²) in [7, 11) is 0. The van der Waals surface area contributed by atoms with Gasteiger partial charge in [0, 0.05) is 18.5 Å². The molecule has 24 heavy (non-hydrogen) atoms. The lowest BCUT2D eigenvalue weighted by Gasteiger charge is -2.31. The van der Waals surface area contributed by atoms with Crippen LogP contribution in [0, 0.1) is 0 Å². The molecule has 1 saturated heterocycles. The van der Waals surface area contributed by atoms with E-state index in [0.29, 0.717) is 19.5 Å². The lowest BCUT2D eigenvalue weighted by Crippen LogP contribution is -2.51. The molecule has 0 bridgehead atoms. The van der Waals surface area contributed by atoms with Crippen LogP contribution in [-0.4, -0.2) is 29.3 Å². The van der Waals surface area contributed by atoms with Crippen LogP contribution in [0.3, 0.4) is 0 Å². The Morgan fingerprint density at radius 3 is 2.83 bits per heavy atom. The van der Waals surface area contributed by atoms with Gasteiger partial charge in [-0.25, -0.2) is 0 Å². The van der Waals surface area contributed by atoms with E-state index in [1.54, 1.807) is 4.90 Å². The maximum atomic E-state index is 12.7. The van der Waals surface area contributed by atoms with Gasteiger partial charge in [0.25, 0.3) is 0 Å². The fourth-order valence-electron chi connectivity index (χ4n) is 3.46. The summed E-state index contributed by atoms with van der Waals surface area (Å²) in [6, 6.07) is 11.7. The van der Waals surface area contributed by atoms with E-state index in [0.717, 1.165) is 36.3 Å². The lowest BCUT2D eigenvalue weighted by atomic mass is 10.0. The second-order valence-electron chi connectivity index (χ2n) is 6.45. The highest BCUT2D eigenvalue weighted by molar-refractivity contribution is 5.88. The van der Waals surface area contributed by atoms with Gasteiger partial charge in [-0.1, -0.05) is 30.3 Å². The Morgan fingerprint density at radius 1 is 1.21 bits per heavy atom. The minimum atomic E-state index is -0.378. The smallest absolute Gasteiger partial charge is 0.245 e. The van der Waals surface area contributed by atoms with E-state index in [9.17, 15) is 9.59 Å². The minimum Gasteiger partial charge on any atom is -0.459 e. The fraction of sp³-hybridized carbons (Fsp3) is 0.368. The monoisotopic (exact) mass is 324 g/mol. The van der Waals surface area contributed by atoms with E-state index < -0.39 is 0 Å². The van der Waals surface area contributed by atoms with Gasteiger partial charge in [0.1, 0.15) is 17.6 Å². The van der Waals surface area contributed by atoms with Gasteiger partial charge in [0.05, 0.1) is 6.54 Å². The van der Waals surface area contributed by atoms with Gasteiger partial charge in [0.2, 0.25) is 11.8 Å². The number of hydrogen-bond donors (Lipinski definition) is 1. The summed E-state index contributed by atoms with van der Waals surface area (Å²) in [6.07, 6.45) is 2.81. The largest absolute Gasteiger partial charge is 0.459 e. The van der Waals surface area contributed by atoms with Crippen LogP contribution in [0.25, 0.3) is 11.3 Å². The number of carbonyl (C=O) groups excluding carboxylic acids is 2. The van der Waals surface area contributed by atoms with Gasteiger partial charge in [-0.15, -0.1) is 0 Å². The Kier molecular flexibility index (Phi) is 3.84. The number of piperidine rings is 1. The first-order valence-electron chi connectivity index (χ1n) is 8.46. The number of furan rings is 1. The van der Waals surface area contributed by atoms with Crippen molar-refractivity contribution in [2.45, 2.75) is 38.3 Å². The van der Waals surface area contributed by atoms with E-state index in [-0.39, 0.29) is 17.9 Å². The van der Waals surface area contributed by atoms with Crippen LogP contribution in [0.5, 0.6) is 0 Å². The van der Waals surface area contributed by atoms with Crippen LogP contribution in [0.2, 0.25) is 0 Å². The van der Waals surface area contributed by atoms with Crippen LogP contribution in [-0.2, 0) is 22.6 Å². The maximum Gasteiger partial charge on any atom is 0.245 e. The summed E-state index contributed by atoms with van der Waals surface area (Å²) < 4.78 is 6.00. The zero-order valence-corrected chi connectivity index (χ0v) is 13.5. The summed E-state index contributed by atoms with van der Waals surface area (Å²) in [6.45, 7) is 1.15. The van der Waals surface area contributed by atoms with Crippen LogP contribution in [0.15, 0.2) is 40.8 Å². The number of hydrogen-bond acceptors (Lipinski definition) is 3. The molecule has 5 nitrogen and oxygen atoms in total. The van der Waals surface area contributed by atoms with Crippen LogP contribution < -0.4 is 5.32 Å². The molecule has 1 aromatic carbocycles. The Labute approximate surface area is 140 Å². The summed E-state index contributed by atoms with van der Waals surface area (Å²) in [5.41, 5.74) is 2.22. The molecule has 4 rings (SSSR count). The predicted octanol–water partition coefficient (Wildman–Crippen LogP) is 2.50. The number of carbonyl (C=O) groups is 2. The third-order valence-corrected chi connectivity index (χ3v) is 4.78. The number of rotatable bonds is 2. The molecular weight excluding hydrogens is 304 g/mol. The molecule has 2 aliphatic heterocycles. The van der Waals surface area contributed by atoms with Gasteiger partial charge < -0.3 is 14.6 Å². The van der Waals surface area contributed by atoms with Crippen molar-refractivity contribution >= 4 is 11.8 Å². The van der Waals surface area contributed by atoms with Crippen molar-refractivity contribution in [1.82, 2.24) is 10.2 Å². The zero-order chi connectivity index (χ0) is 16.5. The first-order chi connectivity index (χ1) is 11.7. The highest BCUT2D eigenvalue weighted by Gasteiger charge is 2.31. The van der Waals surface area contributed by atoms with Gasteiger partial charge in [-0.3, -0.25) is 9.59 Å². The van der Waals surface area contributed by atoms with Crippen molar-refractivity contribution in [1.29, 1.82) is 0 Å². The van der Waals surface area contributed by atoms with E-state index in [4.69, 9.17) is 4.42 Å². The molecule has 2 aromatic rings. The molecule has 124 valence electrons. The number of nitrogens with one attached hydrogen (secondary N) is 1. The quantitative estimate of drug-likeness (QED) is 0.923. The Bertz CT molecular complexity index is 766. The van der Waals surface area contributed by atoms with Crippen molar-refractivity contribution < 1.29 is 14.0 Å².